The van der Waals surface area contributed by atoms with Crippen molar-refractivity contribution in [2.24, 2.45) is 0 Å². The molecule has 3 aromatic rings. The van der Waals surface area contributed by atoms with E-state index in [1.165, 1.54) is 23.1 Å². The maximum Gasteiger partial charge on any atom is 0.416 e. The Morgan fingerprint density at radius 2 is 1.81 bits per heavy atom. The van der Waals surface area contributed by atoms with Gasteiger partial charge in [0.1, 0.15) is 11.9 Å². The van der Waals surface area contributed by atoms with E-state index in [2.05, 4.69) is 0 Å². The predicted octanol–water partition coefficient (Wildman–Crippen LogP) is 6.57. The number of hydrogen-bond donors (Lipinski definition) is 0. The zero-order valence-corrected chi connectivity index (χ0v) is 19.8. The number of hydrogen-bond acceptors (Lipinski definition) is 3. The van der Waals surface area contributed by atoms with Crippen LogP contribution in [0.3, 0.4) is 0 Å². The van der Waals surface area contributed by atoms with Crippen molar-refractivity contribution in [3.05, 3.63) is 99.3 Å². The molecule has 1 amide bonds. The van der Waals surface area contributed by atoms with Gasteiger partial charge in [0, 0.05) is 36.9 Å². The Bertz CT molecular complexity index is 1390. The van der Waals surface area contributed by atoms with Gasteiger partial charge in [0.25, 0.3) is 5.91 Å². The third-order valence-corrected chi connectivity index (χ3v) is 6.49. The van der Waals surface area contributed by atoms with E-state index in [-0.39, 0.29) is 41.3 Å². The number of alkyl halides is 3. The van der Waals surface area contributed by atoms with E-state index in [1.807, 2.05) is 6.07 Å². The van der Waals surface area contributed by atoms with E-state index < -0.39 is 41.1 Å². The molecule has 0 bridgehead atoms. The fourth-order valence-electron chi connectivity index (χ4n) is 4.33. The van der Waals surface area contributed by atoms with E-state index in [0.29, 0.717) is 18.2 Å². The van der Waals surface area contributed by atoms with Gasteiger partial charge in [0.05, 0.1) is 16.1 Å². The zero-order valence-electron chi connectivity index (χ0n) is 19.0. The number of halogens is 7. The Hall–Kier alpha value is -3.71. The van der Waals surface area contributed by atoms with E-state index in [4.69, 9.17) is 11.6 Å². The van der Waals surface area contributed by atoms with Gasteiger partial charge in [-0.25, -0.2) is 13.2 Å². The molecule has 0 spiro atoms. The van der Waals surface area contributed by atoms with Crippen LogP contribution in [0.15, 0.2) is 54.6 Å². The van der Waals surface area contributed by atoms with Crippen molar-refractivity contribution in [1.29, 1.82) is 5.26 Å². The van der Waals surface area contributed by atoms with Crippen LogP contribution in [0.1, 0.15) is 33.5 Å². The van der Waals surface area contributed by atoms with Gasteiger partial charge in [-0.15, -0.1) is 0 Å². The standard InChI is InChI=1S/C26H18ClF6N3O/c27-22-11-19(5-2-16(22)12-34)36(13-17-1-4-18(28)10-21(17)26(31,32)33)20-7-8-35(14-20)25(37)15-3-6-23(29)24(30)9-15/h1-6,9-11,20H,7-8,13-14H2/t20-/m0/s1. The monoisotopic (exact) mass is 537 g/mol. The first kappa shape index (κ1) is 26.4. The minimum absolute atomic E-state index is 0.0644. The molecule has 0 N–H and O–H groups in total. The van der Waals surface area contributed by atoms with Crippen LogP contribution in [0.2, 0.25) is 5.02 Å². The summed E-state index contributed by atoms with van der Waals surface area (Å²) in [6.07, 6.45) is -4.47. The molecule has 1 saturated heterocycles. The van der Waals surface area contributed by atoms with Crippen molar-refractivity contribution >= 4 is 23.2 Å². The summed E-state index contributed by atoms with van der Waals surface area (Å²) >= 11 is 6.19. The zero-order chi connectivity index (χ0) is 26.9. The van der Waals surface area contributed by atoms with Gasteiger partial charge in [-0.05, 0) is 60.5 Å². The van der Waals surface area contributed by atoms with Crippen LogP contribution in [-0.2, 0) is 12.7 Å². The molecule has 4 nitrogen and oxygen atoms in total. The van der Waals surface area contributed by atoms with E-state index in [9.17, 15) is 36.4 Å². The van der Waals surface area contributed by atoms with Crippen molar-refractivity contribution in [3.8, 4) is 6.07 Å². The Morgan fingerprint density at radius 3 is 2.46 bits per heavy atom. The number of anilines is 1. The summed E-state index contributed by atoms with van der Waals surface area (Å²) < 4.78 is 81.7. The molecule has 192 valence electrons. The van der Waals surface area contributed by atoms with Crippen molar-refractivity contribution in [3.63, 3.8) is 0 Å². The molecule has 0 aliphatic carbocycles. The predicted molar refractivity (Wildman–Crippen MR) is 124 cm³/mol. The van der Waals surface area contributed by atoms with Gasteiger partial charge >= 0.3 is 6.18 Å². The summed E-state index contributed by atoms with van der Waals surface area (Å²) in [5.41, 5.74) is -0.826. The lowest BCUT2D eigenvalue weighted by molar-refractivity contribution is -0.138. The van der Waals surface area contributed by atoms with Crippen LogP contribution in [0.25, 0.3) is 0 Å². The summed E-state index contributed by atoms with van der Waals surface area (Å²) in [6.45, 7) is -0.0220. The van der Waals surface area contributed by atoms with E-state index >= 15 is 0 Å². The summed E-state index contributed by atoms with van der Waals surface area (Å²) in [5.74, 6) is -3.86. The normalized spacial score (nSPS) is 15.5. The SMILES string of the molecule is N#Cc1ccc(N(Cc2ccc(F)cc2C(F)(F)F)[C@H]2CCN(C(=O)c3ccc(F)c(F)c3)C2)cc1Cl. The number of carbonyl (C=O) groups is 1. The van der Waals surface area contributed by atoms with Crippen molar-refractivity contribution in [2.75, 3.05) is 18.0 Å². The number of benzene rings is 3. The first-order chi connectivity index (χ1) is 17.5. The molecule has 1 heterocycles. The quantitative estimate of drug-likeness (QED) is 0.346. The molecule has 0 saturated carbocycles. The second-order valence-electron chi connectivity index (χ2n) is 8.53. The van der Waals surface area contributed by atoms with E-state index in [0.717, 1.165) is 30.3 Å². The van der Waals surface area contributed by atoms with Crippen LogP contribution in [0, 0.1) is 28.8 Å². The van der Waals surface area contributed by atoms with Gasteiger partial charge in [0.2, 0.25) is 0 Å². The van der Waals surface area contributed by atoms with Crippen LogP contribution in [0.4, 0.5) is 32.0 Å². The fraction of sp³-hybridized carbons (Fsp3) is 0.231. The number of amides is 1. The highest BCUT2D eigenvalue weighted by molar-refractivity contribution is 6.32. The molecule has 1 fully saturated rings. The Kier molecular flexibility index (Phi) is 7.37. The molecule has 0 radical (unpaired) electrons. The summed E-state index contributed by atoms with van der Waals surface area (Å²) in [4.78, 5) is 15.9. The average Bonchev–Trinajstić information content (AvgIpc) is 3.34. The molecular weight excluding hydrogens is 520 g/mol. The second-order valence-corrected chi connectivity index (χ2v) is 8.93. The van der Waals surface area contributed by atoms with Crippen molar-refractivity contribution in [1.82, 2.24) is 4.90 Å². The van der Waals surface area contributed by atoms with Gasteiger partial charge in [-0.3, -0.25) is 4.79 Å². The number of likely N-dealkylation sites (tertiary alicyclic amines) is 1. The largest absolute Gasteiger partial charge is 0.416 e. The fourth-order valence-corrected chi connectivity index (χ4v) is 4.55. The minimum Gasteiger partial charge on any atom is -0.362 e. The Balaban J connectivity index is 1.68. The molecule has 37 heavy (non-hydrogen) atoms. The first-order valence-corrected chi connectivity index (χ1v) is 11.4. The first-order valence-electron chi connectivity index (χ1n) is 11.0. The number of nitriles is 1. The lowest BCUT2D eigenvalue weighted by Gasteiger charge is -2.32. The molecule has 4 rings (SSSR count). The Labute approximate surface area is 213 Å². The number of carbonyl (C=O) groups excluding carboxylic acids is 1. The molecular formula is C26H18ClF6N3O. The van der Waals surface area contributed by atoms with Gasteiger partial charge < -0.3 is 9.80 Å². The molecule has 1 atom stereocenters. The molecule has 11 heteroatoms. The van der Waals surface area contributed by atoms with Crippen LogP contribution in [0.5, 0.6) is 0 Å². The lowest BCUT2D eigenvalue weighted by Crippen LogP contribution is -2.39. The minimum atomic E-state index is -4.81. The molecule has 3 aromatic carbocycles. The molecule has 0 unspecified atom stereocenters. The molecule has 1 aliphatic rings. The van der Waals surface area contributed by atoms with Crippen LogP contribution < -0.4 is 4.90 Å². The van der Waals surface area contributed by atoms with Crippen molar-refractivity contribution < 1.29 is 31.1 Å². The highest BCUT2D eigenvalue weighted by atomic mass is 35.5. The topological polar surface area (TPSA) is 47.3 Å². The third kappa shape index (κ3) is 5.67. The van der Waals surface area contributed by atoms with Gasteiger partial charge in [0.15, 0.2) is 11.6 Å². The molecule has 0 aromatic heterocycles. The maximum atomic E-state index is 13.7. The van der Waals surface area contributed by atoms with Crippen LogP contribution in [-0.4, -0.2) is 29.9 Å². The Morgan fingerprint density at radius 1 is 1.05 bits per heavy atom. The van der Waals surface area contributed by atoms with Crippen molar-refractivity contribution in [2.45, 2.75) is 25.2 Å². The van der Waals surface area contributed by atoms with Gasteiger partial charge in [-0.1, -0.05) is 17.7 Å². The highest BCUT2D eigenvalue weighted by Gasteiger charge is 2.36. The number of nitrogens with zero attached hydrogens (tertiary/aromatic N) is 3. The maximum absolute atomic E-state index is 13.7. The summed E-state index contributed by atoms with van der Waals surface area (Å²) in [6, 6.07) is 11.0. The summed E-state index contributed by atoms with van der Waals surface area (Å²) in [5, 5.41) is 9.27. The van der Waals surface area contributed by atoms with Gasteiger partial charge in [-0.2, -0.15) is 18.4 Å². The molecule has 1 aliphatic heterocycles. The second kappa shape index (κ2) is 10.3. The average molecular weight is 538 g/mol. The highest BCUT2D eigenvalue weighted by Crippen LogP contribution is 2.36. The lowest BCUT2D eigenvalue weighted by atomic mass is 10.0. The van der Waals surface area contributed by atoms with Crippen LogP contribution >= 0.6 is 11.6 Å². The smallest absolute Gasteiger partial charge is 0.362 e. The number of rotatable bonds is 5. The summed E-state index contributed by atoms with van der Waals surface area (Å²) in [7, 11) is 0. The third-order valence-electron chi connectivity index (χ3n) is 6.18. The van der Waals surface area contributed by atoms with E-state index in [1.54, 1.807) is 4.90 Å².